The highest BCUT2D eigenvalue weighted by Gasteiger charge is 2.53. The Morgan fingerprint density at radius 1 is 1.00 bits per heavy atom. The van der Waals surface area contributed by atoms with E-state index in [1.54, 1.807) is 49.1 Å². The fraction of sp³-hybridized carbons (Fsp3) is 0.259. The first kappa shape index (κ1) is 25.2. The zero-order valence-electron chi connectivity index (χ0n) is 20.9. The molecule has 4 aromatic rings. The Bertz CT molecular complexity index is 1540. The number of hydrogen-bond acceptors (Lipinski definition) is 4. The summed E-state index contributed by atoms with van der Waals surface area (Å²) in [6.45, 7) is 0. The number of halogens is 3. The number of carbonyl (C=O) groups is 2. The molecule has 0 aliphatic heterocycles. The lowest BCUT2D eigenvalue weighted by molar-refractivity contribution is -0.137. The molecule has 3 amide bonds. The number of hydrogen-bond donors (Lipinski definition) is 2. The summed E-state index contributed by atoms with van der Waals surface area (Å²) in [5.74, 6) is 0.0174. The van der Waals surface area contributed by atoms with Crippen molar-refractivity contribution in [2.45, 2.75) is 24.4 Å². The highest BCUT2D eigenvalue weighted by atomic mass is 19.4. The van der Waals surface area contributed by atoms with Crippen molar-refractivity contribution in [2.75, 3.05) is 24.7 Å². The smallest absolute Gasteiger partial charge is 0.348 e. The molecule has 5 rings (SSSR count). The first-order valence-electron chi connectivity index (χ1n) is 11.9. The molecule has 38 heavy (non-hydrogen) atoms. The van der Waals surface area contributed by atoms with Crippen LogP contribution in [0, 0.1) is 0 Å². The van der Waals surface area contributed by atoms with E-state index in [9.17, 15) is 22.8 Å². The molecule has 2 N–H and O–H groups in total. The lowest BCUT2D eigenvalue weighted by atomic mass is 9.95. The SMILES string of the molecule is CN(C)C(=O)C1(c2cc(-c3ccc(NC(=O)Nc4cccc(C(F)(F)F)c4)cc3)c3cnn(C)c3n2)CC1. The van der Waals surface area contributed by atoms with Crippen molar-refractivity contribution in [1.29, 1.82) is 0 Å². The van der Waals surface area contributed by atoms with Crippen molar-refractivity contribution in [3.8, 4) is 11.1 Å². The zero-order valence-corrected chi connectivity index (χ0v) is 20.9. The molecule has 2 heterocycles. The molecular weight excluding hydrogens is 497 g/mol. The molecule has 0 radical (unpaired) electrons. The third kappa shape index (κ3) is 4.67. The zero-order chi connectivity index (χ0) is 27.2. The highest BCUT2D eigenvalue weighted by molar-refractivity contribution is 6.00. The van der Waals surface area contributed by atoms with Crippen molar-refractivity contribution in [1.82, 2.24) is 19.7 Å². The van der Waals surface area contributed by atoms with Gasteiger partial charge in [-0.3, -0.25) is 9.48 Å². The molecule has 1 aliphatic rings. The maximum Gasteiger partial charge on any atom is 0.416 e. The second-order valence-electron chi connectivity index (χ2n) is 9.58. The Hall–Kier alpha value is -4.41. The second kappa shape index (κ2) is 9.16. The van der Waals surface area contributed by atoms with Gasteiger partial charge in [0.2, 0.25) is 5.91 Å². The van der Waals surface area contributed by atoms with Crippen molar-refractivity contribution in [2.24, 2.45) is 7.05 Å². The number of rotatable bonds is 5. The van der Waals surface area contributed by atoms with E-state index >= 15 is 0 Å². The van der Waals surface area contributed by atoms with Crippen LogP contribution < -0.4 is 10.6 Å². The molecule has 2 aromatic heterocycles. The maximum atomic E-state index is 12.9. The molecule has 0 bridgehead atoms. The van der Waals surface area contributed by atoms with Gasteiger partial charge in [0.15, 0.2) is 5.65 Å². The Morgan fingerprint density at radius 2 is 1.68 bits per heavy atom. The first-order valence-corrected chi connectivity index (χ1v) is 11.9. The minimum absolute atomic E-state index is 0.0174. The van der Waals surface area contributed by atoms with E-state index in [1.807, 2.05) is 18.2 Å². The normalized spacial score (nSPS) is 14.3. The Kier molecular flexibility index (Phi) is 6.09. The predicted molar refractivity (Wildman–Crippen MR) is 138 cm³/mol. The minimum atomic E-state index is -4.50. The van der Waals surface area contributed by atoms with Crippen LogP contribution in [0.2, 0.25) is 0 Å². The number of amides is 3. The van der Waals surface area contributed by atoms with E-state index < -0.39 is 23.2 Å². The molecule has 0 spiro atoms. The van der Waals surface area contributed by atoms with Crippen LogP contribution in [0.1, 0.15) is 24.1 Å². The van der Waals surface area contributed by atoms with Gasteiger partial charge in [0.1, 0.15) is 0 Å². The van der Waals surface area contributed by atoms with Crippen molar-refractivity contribution >= 4 is 34.3 Å². The molecule has 0 atom stereocenters. The summed E-state index contributed by atoms with van der Waals surface area (Å²) in [4.78, 5) is 31.7. The third-order valence-electron chi connectivity index (χ3n) is 6.66. The molecule has 0 saturated heterocycles. The summed E-state index contributed by atoms with van der Waals surface area (Å²) in [6, 6.07) is 12.7. The van der Waals surface area contributed by atoms with E-state index in [0.717, 1.165) is 41.5 Å². The summed E-state index contributed by atoms with van der Waals surface area (Å²) >= 11 is 0. The van der Waals surface area contributed by atoms with Crippen LogP contribution in [0.15, 0.2) is 60.8 Å². The van der Waals surface area contributed by atoms with Crippen molar-refractivity contribution in [3.05, 3.63) is 72.1 Å². The van der Waals surface area contributed by atoms with E-state index in [-0.39, 0.29) is 11.6 Å². The quantitative estimate of drug-likeness (QED) is 0.366. The summed E-state index contributed by atoms with van der Waals surface area (Å²) in [7, 11) is 5.27. The number of pyridine rings is 1. The largest absolute Gasteiger partial charge is 0.416 e. The van der Waals surface area contributed by atoms with Crippen LogP contribution in [0.25, 0.3) is 22.2 Å². The topological polar surface area (TPSA) is 92.2 Å². The number of nitrogens with one attached hydrogen (secondary N) is 2. The van der Waals surface area contributed by atoms with Gasteiger partial charge in [0.05, 0.1) is 22.9 Å². The van der Waals surface area contributed by atoms with Gasteiger partial charge in [0.25, 0.3) is 0 Å². The highest BCUT2D eigenvalue weighted by Crippen LogP contribution is 2.50. The first-order chi connectivity index (χ1) is 18.0. The van der Waals surface area contributed by atoms with Crippen LogP contribution in [0.5, 0.6) is 0 Å². The van der Waals surface area contributed by atoms with Crippen molar-refractivity contribution in [3.63, 3.8) is 0 Å². The van der Waals surface area contributed by atoms with E-state index in [1.165, 1.54) is 12.1 Å². The standard InChI is InChI=1S/C27H25F3N6O2/c1-35(2)24(37)26(11-12-26)22-14-20(21-15-31-36(3)23(21)34-22)16-7-9-18(10-8-16)32-25(38)33-19-6-4-5-17(13-19)27(28,29)30/h4-10,13-15H,11-12H2,1-3H3,(H2,32,33,38). The molecule has 11 heteroatoms. The number of aromatic nitrogens is 3. The number of benzene rings is 2. The summed E-state index contributed by atoms with van der Waals surface area (Å²) in [5.41, 5.74) is 2.05. The van der Waals surface area contributed by atoms with Gasteiger partial charge in [-0.15, -0.1) is 0 Å². The number of aryl methyl sites for hydroxylation is 1. The number of anilines is 2. The van der Waals surface area contributed by atoms with Crippen LogP contribution in [-0.4, -0.2) is 45.7 Å². The number of urea groups is 1. The minimum Gasteiger partial charge on any atom is -0.348 e. The third-order valence-corrected chi connectivity index (χ3v) is 6.66. The van der Waals surface area contributed by atoms with Gasteiger partial charge in [-0.1, -0.05) is 18.2 Å². The number of alkyl halides is 3. The molecule has 1 aliphatic carbocycles. The maximum absolute atomic E-state index is 12.9. The van der Waals surface area contributed by atoms with E-state index in [0.29, 0.717) is 17.0 Å². The molecule has 1 fully saturated rings. The van der Waals surface area contributed by atoms with E-state index in [4.69, 9.17) is 4.98 Å². The Morgan fingerprint density at radius 3 is 2.32 bits per heavy atom. The summed E-state index contributed by atoms with van der Waals surface area (Å²) in [5, 5.41) is 10.2. The Balaban J connectivity index is 1.39. The van der Waals surface area contributed by atoms with Crippen LogP contribution in [0.4, 0.5) is 29.3 Å². The molecule has 8 nitrogen and oxygen atoms in total. The second-order valence-corrected chi connectivity index (χ2v) is 9.58. The number of fused-ring (bicyclic) bond motifs is 1. The fourth-order valence-corrected chi connectivity index (χ4v) is 4.53. The molecule has 2 aromatic carbocycles. The molecule has 1 saturated carbocycles. The predicted octanol–water partition coefficient (Wildman–Crippen LogP) is 5.42. The number of nitrogens with zero attached hydrogens (tertiary/aromatic N) is 4. The lowest BCUT2D eigenvalue weighted by Crippen LogP contribution is -2.34. The lowest BCUT2D eigenvalue weighted by Gasteiger charge is -2.20. The van der Waals surface area contributed by atoms with Gasteiger partial charge in [-0.05, 0) is 60.4 Å². The monoisotopic (exact) mass is 522 g/mol. The number of likely N-dealkylation sites (N-methyl/N-ethyl adjacent to an activating group) is 1. The fourth-order valence-electron chi connectivity index (χ4n) is 4.53. The van der Waals surface area contributed by atoms with Gasteiger partial charge >= 0.3 is 12.2 Å². The van der Waals surface area contributed by atoms with Crippen LogP contribution in [0.3, 0.4) is 0 Å². The van der Waals surface area contributed by atoms with Crippen LogP contribution >= 0.6 is 0 Å². The van der Waals surface area contributed by atoms with Gasteiger partial charge in [0, 0.05) is 37.9 Å². The molecule has 196 valence electrons. The molecule has 0 unspecified atom stereocenters. The van der Waals surface area contributed by atoms with E-state index in [2.05, 4.69) is 15.7 Å². The number of carbonyl (C=O) groups excluding carboxylic acids is 2. The van der Waals surface area contributed by atoms with Crippen LogP contribution in [-0.2, 0) is 23.4 Å². The van der Waals surface area contributed by atoms with Crippen molar-refractivity contribution < 1.29 is 22.8 Å². The molecular formula is C27H25F3N6O2. The Labute approximate surface area is 216 Å². The van der Waals surface area contributed by atoms with Gasteiger partial charge < -0.3 is 15.5 Å². The summed E-state index contributed by atoms with van der Waals surface area (Å²) in [6.07, 6.45) is -1.33. The summed E-state index contributed by atoms with van der Waals surface area (Å²) < 4.78 is 40.5. The van der Waals surface area contributed by atoms with Gasteiger partial charge in [-0.25, -0.2) is 9.78 Å². The average Bonchev–Trinajstić information content (AvgIpc) is 3.60. The average molecular weight is 523 g/mol. The van der Waals surface area contributed by atoms with Gasteiger partial charge in [-0.2, -0.15) is 18.3 Å².